The van der Waals surface area contributed by atoms with E-state index in [0.717, 1.165) is 35.9 Å². The van der Waals surface area contributed by atoms with E-state index < -0.39 is 0 Å². The van der Waals surface area contributed by atoms with Crippen molar-refractivity contribution in [3.05, 3.63) is 53.6 Å². The zero-order chi connectivity index (χ0) is 14.4. The minimum Gasteiger partial charge on any atom is -0.399 e. The SMILES string of the molecule is Cc1ccc2c(c1)-c1nnc(-c3cccc(N)c3)n1CC2. The van der Waals surface area contributed by atoms with Crippen LogP contribution < -0.4 is 5.73 Å². The second kappa shape index (κ2) is 4.45. The van der Waals surface area contributed by atoms with Crippen LogP contribution in [0.15, 0.2) is 42.5 Å². The van der Waals surface area contributed by atoms with Crippen molar-refractivity contribution in [2.75, 3.05) is 5.73 Å². The Hall–Kier alpha value is -2.62. The molecule has 0 spiro atoms. The summed E-state index contributed by atoms with van der Waals surface area (Å²) in [5.74, 6) is 1.85. The van der Waals surface area contributed by atoms with Gasteiger partial charge in [0.15, 0.2) is 11.6 Å². The number of nitrogen functional groups attached to an aromatic ring is 1. The maximum absolute atomic E-state index is 5.88. The third-order valence-electron chi connectivity index (χ3n) is 4.01. The summed E-state index contributed by atoms with van der Waals surface area (Å²) in [5, 5.41) is 8.81. The fourth-order valence-electron chi connectivity index (χ4n) is 2.95. The molecule has 1 aliphatic rings. The van der Waals surface area contributed by atoms with E-state index in [1.54, 1.807) is 0 Å². The Kier molecular flexibility index (Phi) is 2.57. The minimum atomic E-state index is 0.747. The van der Waals surface area contributed by atoms with Gasteiger partial charge in [-0.05, 0) is 37.1 Å². The van der Waals surface area contributed by atoms with Crippen LogP contribution in [0.3, 0.4) is 0 Å². The van der Waals surface area contributed by atoms with Gasteiger partial charge in [-0.2, -0.15) is 0 Å². The largest absolute Gasteiger partial charge is 0.399 e. The van der Waals surface area contributed by atoms with Gasteiger partial charge in [0.25, 0.3) is 0 Å². The number of rotatable bonds is 1. The lowest BCUT2D eigenvalue weighted by Gasteiger charge is -2.19. The van der Waals surface area contributed by atoms with Gasteiger partial charge in [0, 0.05) is 23.4 Å². The highest BCUT2D eigenvalue weighted by Crippen LogP contribution is 2.32. The average Bonchev–Trinajstić information content (AvgIpc) is 2.91. The zero-order valence-electron chi connectivity index (χ0n) is 11.9. The second-order valence-corrected chi connectivity index (χ2v) is 5.53. The van der Waals surface area contributed by atoms with Crippen molar-refractivity contribution < 1.29 is 0 Å². The van der Waals surface area contributed by atoms with Crippen molar-refractivity contribution in [3.8, 4) is 22.8 Å². The van der Waals surface area contributed by atoms with Crippen LogP contribution in [-0.4, -0.2) is 14.8 Å². The van der Waals surface area contributed by atoms with Gasteiger partial charge < -0.3 is 10.3 Å². The van der Waals surface area contributed by atoms with Gasteiger partial charge in [-0.25, -0.2) is 0 Å². The lowest BCUT2D eigenvalue weighted by Crippen LogP contribution is -2.12. The first kappa shape index (κ1) is 12.1. The number of anilines is 1. The predicted octanol–water partition coefficient (Wildman–Crippen LogP) is 3.06. The van der Waals surface area contributed by atoms with Gasteiger partial charge in [-0.15, -0.1) is 10.2 Å². The number of hydrogen-bond acceptors (Lipinski definition) is 3. The molecule has 0 aliphatic carbocycles. The van der Waals surface area contributed by atoms with Crippen molar-refractivity contribution in [2.24, 2.45) is 0 Å². The van der Waals surface area contributed by atoms with Crippen LogP contribution in [0.1, 0.15) is 11.1 Å². The topological polar surface area (TPSA) is 56.7 Å². The summed E-state index contributed by atoms with van der Waals surface area (Å²) in [4.78, 5) is 0. The molecule has 0 atom stereocenters. The van der Waals surface area contributed by atoms with Crippen LogP contribution in [-0.2, 0) is 13.0 Å². The lowest BCUT2D eigenvalue weighted by atomic mass is 9.98. The normalized spacial score (nSPS) is 12.8. The van der Waals surface area contributed by atoms with E-state index >= 15 is 0 Å². The van der Waals surface area contributed by atoms with Crippen LogP contribution in [0.25, 0.3) is 22.8 Å². The molecule has 4 rings (SSSR count). The Balaban J connectivity index is 1.89. The molecule has 1 aromatic heterocycles. The highest BCUT2D eigenvalue weighted by molar-refractivity contribution is 5.68. The monoisotopic (exact) mass is 276 g/mol. The molecule has 2 heterocycles. The molecule has 0 amide bonds. The summed E-state index contributed by atoms with van der Waals surface area (Å²) in [7, 11) is 0. The Morgan fingerprint density at radius 3 is 2.76 bits per heavy atom. The number of fused-ring (bicyclic) bond motifs is 3. The molecule has 104 valence electrons. The van der Waals surface area contributed by atoms with Gasteiger partial charge in [0.05, 0.1) is 0 Å². The summed E-state index contributed by atoms with van der Waals surface area (Å²) < 4.78 is 2.19. The van der Waals surface area contributed by atoms with E-state index in [2.05, 4.69) is 39.9 Å². The molecule has 0 bridgehead atoms. The van der Waals surface area contributed by atoms with E-state index in [4.69, 9.17) is 5.73 Å². The minimum absolute atomic E-state index is 0.747. The van der Waals surface area contributed by atoms with Gasteiger partial charge in [-0.3, -0.25) is 0 Å². The average molecular weight is 276 g/mol. The van der Waals surface area contributed by atoms with Crippen molar-refractivity contribution in [1.82, 2.24) is 14.8 Å². The molecular weight excluding hydrogens is 260 g/mol. The molecule has 4 heteroatoms. The molecule has 21 heavy (non-hydrogen) atoms. The zero-order valence-corrected chi connectivity index (χ0v) is 11.9. The van der Waals surface area contributed by atoms with Crippen molar-refractivity contribution in [3.63, 3.8) is 0 Å². The van der Waals surface area contributed by atoms with Gasteiger partial charge in [0.1, 0.15) is 0 Å². The number of nitrogens with zero attached hydrogens (tertiary/aromatic N) is 3. The van der Waals surface area contributed by atoms with Crippen molar-refractivity contribution in [1.29, 1.82) is 0 Å². The Bertz CT molecular complexity index is 819. The van der Waals surface area contributed by atoms with Crippen molar-refractivity contribution >= 4 is 5.69 Å². The summed E-state index contributed by atoms with van der Waals surface area (Å²) in [6, 6.07) is 14.4. The number of aromatic nitrogens is 3. The molecule has 1 aliphatic heterocycles. The predicted molar refractivity (Wildman–Crippen MR) is 83.7 cm³/mol. The van der Waals surface area contributed by atoms with E-state index in [9.17, 15) is 0 Å². The van der Waals surface area contributed by atoms with E-state index in [1.165, 1.54) is 16.7 Å². The summed E-state index contributed by atoms with van der Waals surface area (Å²) in [6.07, 6.45) is 1.01. The van der Waals surface area contributed by atoms with Crippen LogP contribution in [0, 0.1) is 6.92 Å². The van der Waals surface area contributed by atoms with Gasteiger partial charge >= 0.3 is 0 Å². The first-order valence-electron chi connectivity index (χ1n) is 7.11. The van der Waals surface area contributed by atoms with Crippen LogP contribution in [0.4, 0.5) is 5.69 Å². The number of aryl methyl sites for hydroxylation is 2. The Morgan fingerprint density at radius 2 is 1.90 bits per heavy atom. The van der Waals surface area contributed by atoms with E-state index in [0.29, 0.717) is 0 Å². The molecule has 0 fully saturated rings. The molecular formula is C17H16N4. The standard InChI is InChI=1S/C17H16N4/c1-11-5-6-12-7-8-21-16(13-3-2-4-14(18)10-13)19-20-17(21)15(12)9-11/h2-6,9-10H,7-8,18H2,1H3. The first-order valence-corrected chi connectivity index (χ1v) is 7.11. The van der Waals surface area contributed by atoms with E-state index in [-0.39, 0.29) is 0 Å². The fraction of sp³-hybridized carbons (Fsp3) is 0.176. The number of hydrogen-bond donors (Lipinski definition) is 1. The maximum atomic E-state index is 5.88. The lowest BCUT2D eigenvalue weighted by molar-refractivity contribution is 0.688. The third kappa shape index (κ3) is 1.91. The quantitative estimate of drug-likeness (QED) is 0.695. The third-order valence-corrected chi connectivity index (χ3v) is 4.01. The molecule has 3 aromatic rings. The number of nitrogens with two attached hydrogens (primary N) is 1. The highest BCUT2D eigenvalue weighted by Gasteiger charge is 2.22. The number of benzene rings is 2. The molecule has 0 saturated carbocycles. The van der Waals surface area contributed by atoms with E-state index in [1.807, 2.05) is 24.3 Å². The summed E-state index contributed by atoms with van der Waals surface area (Å²) in [5.41, 5.74) is 11.4. The molecule has 0 saturated heterocycles. The molecule has 4 nitrogen and oxygen atoms in total. The highest BCUT2D eigenvalue weighted by atomic mass is 15.3. The second-order valence-electron chi connectivity index (χ2n) is 5.53. The molecule has 0 unspecified atom stereocenters. The van der Waals surface area contributed by atoms with Gasteiger partial charge in [-0.1, -0.05) is 29.8 Å². The van der Waals surface area contributed by atoms with Crippen LogP contribution in [0.5, 0.6) is 0 Å². The molecule has 2 aromatic carbocycles. The molecule has 2 N–H and O–H groups in total. The Labute approximate surface area is 123 Å². The van der Waals surface area contributed by atoms with Crippen LogP contribution in [0.2, 0.25) is 0 Å². The fourth-order valence-corrected chi connectivity index (χ4v) is 2.95. The maximum Gasteiger partial charge on any atom is 0.164 e. The van der Waals surface area contributed by atoms with Crippen LogP contribution >= 0.6 is 0 Å². The van der Waals surface area contributed by atoms with Crippen molar-refractivity contribution in [2.45, 2.75) is 19.9 Å². The Morgan fingerprint density at radius 1 is 1.05 bits per heavy atom. The summed E-state index contributed by atoms with van der Waals surface area (Å²) >= 11 is 0. The first-order chi connectivity index (χ1) is 10.2. The summed E-state index contributed by atoms with van der Waals surface area (Å²) in [6.45, 7) is 3.01. The molecule has 0 radical (unpaired) electrons. The van der Waals surface area contributed by atoms with Gasteiger partial charge in [0.2, 0.25) is 0 Å². The smallest absolute Gasteiger partial charge is 0.164 e.